The lowest BCUT2D eigenvalue weighted by Gasteiger charge is -2.22. The van der Waals surface area contributed by atoms with Crippen LogP contribution < -0.4 is 15.5 Å². The summed E-state index contributed by atoms with van der Waals surface area (Å²) in [6.07, 6.45) is 2.02. The predicted octanol–water partition coefficient (Wildman–Crippen LogP) is 5.45. The summed E-state index contributed by atoms with van der Waals surface area (Å²) >= 11 is 1.67. The number of carbonyl (C=O) groups is 1. The summed E-state index contributed by atoms with van der Waals surface area (Å²) in [5, 5.41) is 6.70. The van der Waals surface area contributed by atoms with E-state index in [4.69, 9.17) is 4.98 Å². The number of urea groups is 1. The van der Waals surface area contributed by atoms with E-state index in [1.54, 1.807) is 11.8 Å². The van der Waals surface area contributed by atoms with Gasteiger partial charge in [-0.2, -0.15) is 0 Å². The Hall–Kier alpha value is -2.73. The van der Waals surface area contributed by atoms with Gasteiger partial charge in [0.25, 0.3) is 0 Å². The number of thioether (sulfide) groups is 1. The van der Waals surface area contributed by atoms with Crippen molar-refractivity contribution in [3.8, 4) is 0 Å². The number of aromatic nitrogens is 1. The zero-order valence-corrected chi connectivity index (χ0v) is 16.8. The predicted molar refractivity (Wildman–Crippen MR) is 116 cm³/mol. The second kappa shape index (κ2) is 8.31. The second-order valence-electron chi connectivity index (χ2n) is 6.59. The summed E-state index contributed by atoms with van der Waals surface area (Å²) in [5.41, 5.74) is 2.39. The average molecular weight is 381 g/mol. The highest BCUT2D eigenvalue weighted by Crippen LogP contribution is 2.22. The van der Waals surface area contributed by atoms with Crippen LogP contribution in [0.5, 0.6) is 0 Å². The number of fused-ring (bicyclic) bond motifs is 1. The molecule has 1 heterocycles. The van der Waals surface area contributed by atoms with E-state index in [9.17, 15) is 4.79 Å². The third-order valence-electron chi connectivity index (χ3n) is 4.42. The van der Waals surface area contributed by atoms with Crippen molar-refractivity contribution < 1.29 is 4.79 Å². The van der Waals surface area contributed by atoms with Crippen molar-refractivity contribution in [2.75, 3.05) is 28.8 Å². The van der Waals surface area contributed by atoms with Crippen LogP contribution in [0, 0.1) is 0 Å². The maximum atomic E-state index is 12.2. The molecule has 6 heteroatoms. The number of amides is 2. The molecule has 0 bridgehead atoms. The quantitative estimate of drug-likeness (QED) is 0.578. The number of hydrogen-bond acceptors (Lipinski definition) is 4. The van der Waals surface area contributed by atoms with Gasteiger partial charge in [-0.05, 0) is 74.7 Å². The van der Waals surface area contributed by atoms with Crippen molar-refractivity contribution in [3.05, 3.63) is 54.6 Å². The Morgan fingerprint density at radius 1 is 1.00 bits per heavy atom. The smallest absolute Gasteiger partial charge is 0.323 e. The lowest BCUT2D eigenvalue weighted by atomic mass is 10.2. The second-order valence-corrected chi connectivity index (χ2v) is 7.47. The Morgan fingerprint density at radius 3 is 2.33 bits per heavy atom. The van der Waals surface area contributed by atoms with Crippen LogP contribution in [0.25, 0.3) is 10.9 Å². The zero-order chi connectivity index (χ0) is 19.4. The van der Waals surface area contributed by atoms with E-state index < -0.39 is 0 Å². The van der Waals surface area contributed by atoms with E-state index >= 15 is 0 Å². The van der Waals surface area contributed by atoms with E-state index in [2.05, 4.69) is 29.4 Å². The van der Waals surface area contributed by atoms with Gasteiger partial charge in [-0.25, -0.2) is 9.78 Å². The molecule has 2 aromatic carbocycles. The molecule has 0 saturated heterocycles. The molecule has 0 spiro atoms. The Kier molecular flexibility index (Phi) is 5.86. The van der Waals surface area contributed by atoms with Crippen molar-refractivity contribution in [2.24, 2.45) is 0 Å². The van der Waals surface area contributed by atoms with Crippen LogP contribution in [0.3, 0.4) is 0 Å². The average Bonchev–Trinajstić information content (AvgIpc) is 2.67. The first-order valence-electron chi connectivity index (χ1n) is 8.82. The van der Waals surface area contributed by atoms with Gasteiger partial charge in [0.2, 0.25) is 0 Å². The van der Waals surface area contributed by atoms with Gasteiger partial charge in [0, 0.05) is 34.7 Å². The molecule has 0 aliphatic rings. The fourth-order valence-electron chi connectivity index (χ4n) is 2.62. The van der Waals surface area contributed by atoms with Gasteiger partial charge in [-0.3, -0.25) is 0 Å². The molecule has 0 fully saturated rings. The highest BCUT2D eigenvalue weighted by molar-refractivity contribution is 7.98. The maximum Gasteiger partial charge on any atom is 0.323 e. The van der Waals surface area contributed by atoms with E-state index in [-0.39, 0.29) is 6.03 Å². The van der Waals surface area contributed by atoms with Crippen LogP contribution in [-0.2, 0) is 0 Å². The molecular weight excluding hydrogens is 356 g/mol. The first-order chi connectivity index (χ1) is 13.0. The van der Waals surface area contributed by atoms with Crippen LogP contribution in [0.2, 0.25) is 0 Å². The molecule has 0 radical (unpaired) electrons. The number of nitrogens with one attached hydrogen (secondary N) is 2. The molecular formula is C21H24N4OS. The number of nitrogens with zero attached hydrogens (tertiary/aromatic N) is 2. The summed E-state index contributed by atoms with van der Waals surface area (Å²) in [7, 11) is 2.03. The van der Waals surface area contributed by atoms with Gasteiger partial charge in [0.1, 0.15) is 5.82 Å². The maximum absolute atomic E-state index is 12.2. The molecule has 3 rings (SSSR count). The van der Waals surface area contributed by atoms with Gasteiger partial charge < -0.3 is 15.5 Å². The van der Waals surface area contributed by atoms with E-state index in [0.717, 1.165) is 33.0 Å². The third-order valence-corrected chi connectivity index (χ3v) is 5.16. The Morgan fingerprint density at radius 2 is 1.67 bits per heavy atom. The largest absolute Gasteiger partial charge is 0.357 e. The molecule has 5 nitrogen and oxygen atoms in total. The molecule has 2 N–H and O–H groups in total. The number of rotatable bonds is 5. The minimum absolute atomic E-state index is 0.268. The van der Waals surface area contributed by atoms with Crippen molar-refractivity contribution in [2.45, 2.75) is 24.8 Å². The number of carbonyl (C=O) groups excluding carboxylic acids is 1. The van der Waals surface area contributed by atoms with Gasteiger partial charge in [-0.15, -0.1) is 11.8 Å². The van der Waals surface area contributed by atoms with Crippen LogP contribution >= 0.6 is 11.8 Å². The lowest BCUT2D eigenvalue weighted by Crippen LogP contribution is -2.26. The van der Waals surface area contributed by atoms with Crippen LogP contribution in [0.15, 0.2) is 59.5 Å². The Balaban J connectivity index is 1.71. The first kappa shape index (κ1) is 19.0. The fourth-order valence-corrected chi connectivity index (χ4v) is 3.03. The molecule has 0 aliphatic heterocycles. The minimum Gasteiger partial charge on any atom is -0.357 e. The summed E-state index contributed by atoms with van der Waals surface area (Å²) < 4.78 is 0. The molecule has 140 valence electrons. The molecule has 3 aromatic rings. The number of pyridine rings is 1. The summed E-state index contributed by atoms with van der Waals surface area (Å²) in [4.78, 5) is 20.2. The number of hydrogen-bond donors (Lipinski definition) is 2. The van der Waals surface area contributed by atoms with Gasteiger partial charge in [0.15, 0.2) is 0 Å². The molecule has 0 aliphatic carbocycles. The molecule has 0 unspecified atom stereocenters. The van der Waals surface area contributed by atoms with Gasteiger partial charge in [0.05, 0.1) is 5.52 Å². The molecule has 0 saturated carbocycles. The Bertz CT molecular complexity index is 941. The van der Waals surface area contributed by atoms with Crippen molar-refractivity contribution >= 4 is 45.9 Å². The van der Waals surface area contributed by atoms with E-state index in [1.165, 1.54) is 0 Å². The van der Waals surface area contributed by atoms with Gasteiger partial charge in [-0.1, -0.05) is 0 Å². The summed E-state index contributed by atoms with van der Waals surface area (Å²) in [6.45, 7) is 4.26. The third kappa shape index (κ3) is 4.71. The monoisotopic (exact) mass is 380 g/mol. The standard InChI is InChI=1S/C21H24N4OS/c1-14(2)25(3)20-12-5-15-13-17(8-11-19(15)24-20)23-21(26)22-16-6-9-18(27-4)10-7-16/h5-14H,1-4H3,(H2,22,23,26). The van der Waals surface area contributed by atoms with Crippen molar-refractivity contribution in [3.63, 3.8) is 0 Å². The Labute approximate surface area is 164 Å². The minimum atomic E-state index is -0.268. The highest BCUT2D eigenvalue weighted by atomic mass is 32.2. The SMILES string of the molecule is CSc1ccc(NC(=O)Nc2ccc3nc(N(C)C(C)C)ccc3c2)cc1. The number of anilines is 3. The van der Waals surface area contributed by atoms with Crippen LogP contribution in [0.1, 0.15) is 13.8 Å². The lowest BCUT2D eigenvalue weighted by molar-refractivity contribution is 0.262. The van der Waals surface area contributed by atoms with Crippen LogP contribution in [0.4, 0.5) is 22.0 Å². The highest BCUT2D eigenvalue weighted by Gasteiger charge is 2.08. The van der Waals surface area contributed by atoms with E-state index in [0.29, 0.717) is 6.04 Å². The number of benzene rings is 2. The molecule has 2 amide bonds. The molecule has 0 atom stereocenters. The summed E-state index contributed by atoms with van der Waals surface area (Å²) in [6, 6.07) is 17.6. The summed E-state index contributed by atoms with van der Waals surface area (Å²) in [5.74, 6) is 0.935. The van der Waals surface area contributed by atoms with E-state index in [1.807, 2.05) is 67.9 Å². The van der Waals surface area contributed by atoms with Gasteiger partial charge >= 0.3 is 6.03 Å². The molecule has 1 aromatic heterocycles. The van der Waals surface area contributed by atoms with Crippen molar-refractivity contribution in [1.82, 2.24) is 4.98 Å². The van der Waals surface area contributed by atoms with Crippen LogP contribution in [-0.4, -0.2) is 30.4 Å². The topological polar surface area (TPSA) is 57.3 Å². The first-order valence-corrected chi connectivity index (χ1v) is 10.0. The normalized spacial score (nSPS) is 10.9. The van der Waals surface area contributed by atoms with Crippen molar-refractivity contribution in [1.29, 1.82) is 0 Å². The fraction of sp³-hybridized carbons (Fsp3) is 0.238. The zero-order valence-electron chi connectivity index (χ0n) is 16.0. The molecule has 27 heavy (non-hydrogen) atoms.